The van der Waals surface area contributed by atoms with Crippen LogP contribution in [0.25, 0.3) is 10.9 Å². The smallest absolute Gasteiger partial charge is 0.330 e. The van der Waals surface area contributed by atoms with Gasteiger partial charge in [0.05, 0.1) is 7.11 Å². The summed E-state index contributed by atoms with van der Waals surface area (Å²) in [6, 6.07) is 13.5. The molecule has 0 aliphatic rings. The lowest BCUT2D eigenvalue weighted by Crippen LogP contribution is -2.51. The third kappa shape index (κ3) is 4.74. The zero-order valence-electron chi connectivity index (χ0n) is 18.5. The number of rotatable bonds is 8. The first-order valence-electron chi connectivity index (χ1n) is 10.3. The molecule has 0 unspecified atom stereocenters. The number of nitrogens with zero attached hydrogens (tertiary/aromatic N) is 1. The lowest BCUT2D eigenvalue weighted by molar-refractivity contribution is -0.142. The van der Waals surface area contributed by atoms with E-state index in [-0.39, 0.29) is 5.92 Å². The van der Waals surface area contributed by atoms with Gasteiger partial charge in [-0.3, -0.25) is 9.59 Å². The predicted molar refractivity (Wildman–Crippen MR) is 121 cm³/mol. The van der Waals surface area contributed by atoms with Crippen LogP contribution in [0.2, 0.25) is 0 Å². The van der Waals surface area contributed by atoms with Crippen molar-refractivity contribution in [3.05, 3.63) is 65.9 Å². The van der Waals surface area contributed by atoms with Crippen LogP contribution in [0.4, 0.5) is 0 Å². The van der Waals surface area contributed by atoms with Crippen LogP contribution < -0.4 is 15.4 Å². The number of ether oxygens (including phenoxy) is 1. The molecular weight excluding hydrogens is 410 g/mol. The molecule has 3 N–H and O–H groups in total. The van der Waals surface area contributed by atoms with Gasteiger partial charge in [0, 0.05) is 18.0 Å². The van der Waals surface area contributed by atoms with Crippen LogP contribution in [-0.2, 0) is 16.6 Å². The molecule has 0 saturated heterocycles. The van der Waals surface area contributed by atoms with E-state index >= 15 is 0 Å². The second kappa shape index (κ2) is 9.55. The quantitative estimate of drug-likeness (QED) is 0.502. The molecular formula is C24H27N3O5. The number of aryl methyl sites for hydroxylation is 1. The molecule has 0 saturated carbocycles. The normalized spacial score (nSPS) is 12.9. The van der Waals surface area contributed by atoms with Crippen LogP contribution in [0.15, 0.2) is 54.6 Å². The highest BCUT2D eigenvalue weighted by atomic mass is 16.5. The molecule has 2 atom stereocenters. The van der Waals surface area contributed by atoms with Gasteiger partial charge in [0.1, 0.15) is 17.5 Å². The molecule has 8 nitrogen and oxygen atoms in total. The summed E-state index contributed by atoms with van der Waals surface area (Å²) in [5, 5.41) is 15.7. The Morgan fingerprint density at radius 1 is 1.00 bits per heavy atom. The average molecular weight is 437 g/mol. The topological polar surface area (TPSA) is 110 Å². The second-order valence-electron chi connectivity index (χ2n) is 7.90. The third-order valence-corrected chi connectivity index (χ3v) is 5.38. The second-order valence-corrected chi connectivity index (χ2v) is 7.90. The van der Waals surface area contributed by atoms with Crippen LogP contribution in [0, 0.1) is 5.92 Å². The van der Waals surface area contributed by atoms with E-state index in [9.17, 15) is 19.5 Å². The number of carboxylic acids is 1. The van der Waals surface area contributed by atoms with Gasteiger partial charge in [-0.2, -0.15) is 0 Å². The highest BCUT2D eigenvalue weighted by Gasteiger charge is 2.30. The number of aromatic nitrogens is 1. The summed E-state index contributed by atoms with van der Waals surface area (Å²) in [5.74, 6) is -1.76. The molecule has 3 aromatic rings. The Hall–Kier alpha value is -3.81. The molecule has 2 aromatic carbocycles. The Kier molecular flexibility index (Phi) is 6.82. The summed E-state index contributed by atoms with van der Waals surface area (Å²) in [6.45, 7) is 3.57. The number of nitrogens with one attached hydrogen (secondary N) is 2. The third-order valence-electron chi connectivity index (χ3n) is 5.38. The molecule has 0 spiro atoms. The fraction of sp³-hybridized carbons (Fsp3) is 0.292. The van der Waals surface area contributed by atoms with Gasteiger partial charge >= 0.3 is 5.97 Å². The molecule has 0 aliphatic heterocycles. The van der Waals surface area contributed by atoms with Gasteiger partial charge in [0.2, 0.25) is 5.91 Å². The van der Waals surface area contributed by atoms with Gasteiger partial charge in [-0.1, -0.05) is 44.2 Å². The molecule has 1 aromatic heterocycles. The number of carboxylic acid groups (broad SMARTS) is 1. The summed E-state index contributed by atoms with van der Waals surface area (Å²) in [5.41, 5.74) is 1.67. The Morgan fingerprint density at radius 3 is 2.28 bits per heavy atom. The lowest BCUT2D eigenvalue weighted by atomic mass is 10.0. The predicted octanol–water partition coefficient (Wildman–Crippen LogP) is 2.88. The zero-order valence-corrected chi connectivity index (χ0v) is 18.5. The number of benzene rings is 2. The van der Waals surface area contributed by atoms with E-state index in [1.54, 1.807) is 69.0 Å². The maximum absolute atomic E-state index is 13.0. The van der Waals surface area contributed by atoms with Gasteiger partial charge in [0.25, 0.3) is 5.91 Å². The van der Waals surface area contributed by atoms with Crippen molar-refractivity contribution in [2.75, 3.05) is 7.11 Å². The van der Waals surface area contributed by atoms with Crippen molar-refractivity contribution in [1.82, 2.24) is 15.2 Å². The number of methoxy groups -OCH3 is 1. The summed E-state index contributed by atoms with van der Waals surface area (Å²) < 4.78 is 6.98. The number of hydrogen-bond donors (Lipinski definition) is 3. The molecule has 0 fully saturated rings. The van der Waals surface area contributed by atoms with E-state index in [2.05, 4.69) is 10.6 Å². The van der Waals surface area contributed by atoms with E-state index in [0.29, 0.717) is 17.0 Å². The number of aliphatic carboxylic acids is 1. The van der Waals surface area contributed by atoms with Crippen molar-refractivity contribution in [2.24, 2.45) is 13.0 Å². The van der Waals surface area contributed by atoms with E-state index in [1.165, 1.54) is 0 Å². The van der Waals surface area contributed by atoms with Crippen molar-refractivity contribution in [3.8, 4) is 5.75 Å². The number of carbonyl (C=O) groups excluding carboxylic acids is 2. The molecule has 2 amide bonds. The number of carbonyl (C=O) groups is 3. The molecule has 32 heavy (non-hydrogen) atoms. The van der Waals surface area contributed by atoms with Crippen molar-refractivity contribution < 1.29 is 24.2 Å². The van der Waals surface area contributed by atoms with Crippen molar-refractivity contribution >= 4 is 28.7 Å². The van der Waals surface area contributed by atoms with E-state index in [4.69, 9.17) is 4.74 Å². The van der Waals surface area contributed by atoms with Crippen molar-refractivity contribution in [1.29, 1.82) is 0 Å². The van der Waals surface area contributed by atoms with E-state index in [0.717, 1.165) is 10.9 Å². The first kappa shape index (κ1) is 22.9. The zero-order chi connectivity index (χ0) is 23.4. The number of hydrogen-bond acceptors (Lipinski definition) is 4. The Bertz CT molecular complexity index is 1140. The Morgan fingerprint density at radius 2 is 1.69 bits per heavy atom. The molecule has 168 valence electrons. The lowest BCUT2D eigenvalue weighted by Gasteiger charge is -2.24. The van der Waals surface area contributed by atoms with Crippen molar-refractivity contribution in [3.63, 3.8) is 0 Å². The van der Waals surface area contributed by atoms with E-state index in [1.807, 2.05) is 18.2 Å². The van der Waals surface area contributed by atoms with Gasteiger partial charge < -0.3 is 25.0 Å². The first-order chi connectivity index (χ1) is 15.2. The molecule has 1 heterocycles. The summed E-state index contributed by atoms with van der Waals surface area (Å²) >= 11 is 0. The Balaban J connectivity index is 1.82. The maximum Gasteiger partial charge on any atom is 0.330 e. The molecule has 8 heteroatoms. The summed E-state index contributed by atoms with van der Waals surface area (Å²) in [6.07, 6.45) is 0. The fourth-order valence-electron chi connectivity index (χ4n) is 3.59. The standard InChI is InChI=1S/C24H27N3O5/c1-14(2)20(23(29)26-21(24(30)31)15-8-6-5-7-9-15)25-22(28)19-13-16-12-17(32-4)10-11-18(16)27(19)3/h5-14,20-21H,1-4H3,(H,25,28)(H,26,29)(H,30,31)/t20-,21+/m0/s1. The van der Waals surface area contributed by atoms with Gasteiger partial charge in [-0.25, -0.2) is 4.79 Å². The molecule has 3 rings (SSSR count). The van der Waals surface area contributed by atoms with E-state index < -0.39 is 29.9 Å². The minimum atomic E-state index is -1.22. The monoisotopic (exact) mass is 437 g/mol. The number of fused-ring (bicyclic) bond motifs is 1. The van der Waals surface area contributed by atoms with Crippen molar-refractivity contribution in [2.45, 2.75) is 25.9 Å². The van der Waals surface area contributed by atoms with Crippen LogP contribution >= 0.6 is 0 Å². The van der Waals surface area contributed by atoms with Gasteiger partial charge in [-0.15, -0.1) is 0 Å². The van der Waals surface area contributed by atoms with Crippen LogP contribution in [0.3, 0.4) is 0 Å². The fourth-order valence-corrected chi connectivity index (χ4v) is 3.59. The molecule has 0 radical (unpaired) electrons. The minimum Gasteiger partial charge on any atom is -0.497 e. The highest BCUT2D eigenvalue weighted by Crippen LogP contribution is 2.24. The molecule has 0 aliphatic carbocycles. The minimum absolute atomic E-state index is 0.265. The Labute approximate surface area is 186 Å². The summed E-state index contributed by atoms with van der Waals surface area (Å²) in [7, 11) is 3.34. The maximum atomic E-state index is 13.0. The number of amides is 2. The van der Waals surface area contributed by atoms with Crippen LogP contribution in [0.5, 0.6) is 5.75 Å². The largest absolute Gasteiger partial charge is 0.497 e. The average Bonchev–Trinajstić information content (AvgIpc) is 3.11. The SMILES string of the molecule is COc1ccc2c(c1)cc(C(=O)N[C@H](C(=O)N[C@@H](C(=O)O)c1ccccc1)C(C)C)n2C. The summed E-state index contributed by atoms with van der Waals surface area (Å²) in [4.78, 5) is 37.8. The first-order valence-corrected chi connectivity index (χ1v) is 10.3. The highest BCUT2D eigenvalue weighted by molar-refractivity contribution is 6.01. The van der Waals surface area contributed by atoms with Gasteiger partial charge in [0.15, 0.2) is 6.04 Å². The molecule has 0 bridgehead atoms. The van der Waals surface area contributed by atoms with Crippen LogP contribution in [0.1, 0.15) is 35.9 Å². The van der Waals surface area contributed by atoms with Crippen LogP contribution in [-0.4, -0.2) is 40.6 Å². The van der Waals surface area contributed by atoms with Gasteiger partial charge in [-0.05, 0) is 35.7 Å².